The van der Waals surface area contributed by atoms with Crippen molar-refractivity contribution < 1.29 is 14.0 Å². The molecule has 2 aromatic carbocycles. The summed E-state index contributed by atoms with van der Waals surface area (Å²) in [5, 5.41) is 3.70. The molecule has 0 aliphatic carbocycles. The third kappa shape index (κ3) is 3.26. The van der Waals surface area contributed by atoms with Crippen LogP contribution in [-0.2, 0) is 6.54 Å². The van der Waals surface area contributed by atoms with Gasteiger partial charge in [-0.25, -0.2) is 5.10 Å². The summed E-state index contributed by atoms with van der Waals surface area (Å²) < 4.78 is 14.3. The van der Waals surface area contributed by atoms with E-state index in [9.17, 15) is 4.79 Å². The van der Waals surface area contributed by atoms with Crippen molar-refractivity contribution in [3.8, 4) is 22.8 Å². The molecule has 5 aromatic rings. The first-order valence-corrected chi connectivity index (χ1v) is 10.2. The van der Waals surface area contributed by atoms with E-state index in [1.54, 1.807) is 29.5 Å². The molecule has 0 bridgehead atoms. The fraction of sp³-hybridized carbons (Fsp3) is 0.167. The third-order valence-electron chi connectivity index (χ3n) is 5.44. The zero-order valence-corrected chi connectivity index (χ0v) is 18.0. The van der Waals surface area contributed by atoms with Crippen LogP contribution in [0.4, 0.5) is 0 Å². The number of benzene rings is 2. The van der Waals surface area contributed by atoms with Gasteiger partial charge >= 0.3 is 5.78 Å². The molecule has 0 fully saturated rings. The SMILES string of the molecule is COc1cccc(-c2c3c(=O)n(Cc4ccccc4OC)ccc3nc3nc(C)[nH][n+]23)c1. The van der Waals surface area contributed by atoms with Crippen LogP contribution in [0.25, 0.3) is 27.9 Å². The highest BCUT2D eigenvalue weighted by molar-refractivity contribution is 5.90. The Morgan fingerprint density at radius 3 is 2.69 bits per heavy atom. The fourth-order valence-corrected chi connectivity index (χ4v) is 3.95. The smallest absolute Gasteiger partial charge is 0.458 e. The summed E-state index contributed by atoms with van der Waals surface area (Å²) in [5.41, 5.74) is 2.85. The number of ether oxygens (including phenoxy) is 2. The minimum atomic E-state index is -0.152. The maximum Gasteiger partial charge on any atom is 0.458 e. The lowest BCUT2D eigenvalue weighted by atomic mass is 10.1. The molecule has 0 radical (unpaired) electrons. The molecule has 0 unspecified atom stereocenters. The maximum absolute atomic E-state index is 13.7. The zero-order chi connectivity index (χ0) is 22.2. The van der Waals surface area contributed by atoms with Gasteiger partial charge in [-0.2, -0.15) is 0 Å². The van der Waals surface area contributed by atoms with Crippen LogP contribution < -0.4 is 19.5 Å². The molecule has 8 heteroatoms. The molecule has 0 spiro atoms. The quantitative estimate of drug-likeness (QED) is 0.435. The molecule has 0 amide bonds. The van der Waals surface area contributed by atoms with Crippen molar-refractivity contribution in [1.29, 1.82) is 0 Å². The van der Waals surface area contributed by atoms with Gasteiger partial charge in [0.2, 0.25) is 5.82 Å². The van der Waals surface area contributed by atoms with Gasteiger partial charge < -0.3 is 14.0 Å². The standard InChI is InChI=1S/C24H21N5O3/c1-15-25-24-26-19-11-12-28(14-17-7-4-5-10-20(17)32-3)23(30)21(19)22(29(24)27-15)16-8-6-9-18(13-16)31-2/h4-13H,14H2,1-3H3/p+1. The molecule has 0 aliphatic rings. The van der Waals surface area contributed by atoms with Gasteiger partial charge in [-0.1, -0.05) is 40.3 Å². The minimum absolute atomic E-state index is 0.152. The summed E-state index contributed by atoms with van der Waals surface area (Å²) in [6.45, 7) is 2.23. The highest BCUT2D eigenvalue weighted by Crippen LogP contribution is 2.26. The average molecular weight is 428 g/mol. The maximum atomic E-state index is 13.7. The van der Waals surface area contributed by atoms with Gasteiger partial charge in [0.15, 0.2) is 11.2 Å². The number of nitrogens with one attached hydrogen (secondary N) is 1. The van der Waals surface area contributed by atoms with E-state index >= 15 is 0 Å². The number of H-pyrrole nitrogens is 1. The fourth-order valence-electron chi connectivity index (χ4n) is 3.95. The lowest BCUT2D eigenvalue weighted by molar-refractivity contribution is -0.567. The van der Waals surface area contributed by atoms with Crippen molar-refractivity contribution in [3.05, 3.63) is 82.5 Å². The molecule has 0 atom stereocenters. The van der Waals surface area contributed by atoms with Crippen LogP contribution in [0.1, 0.15) is 11.4 Å². The molecule has 8 nitrogen and oxygen atoms in total. The Kier molecular flexibility index (Phi) is 4.82. The molecule has 160 valence electrons. The largest absolute Gasteiger partial charge is 0.497 e. The van der Waals surface area contributed by atoms with Gasteiger partial charge in [0.05, 0.1) is 20.8 Å². The molecule has 0 saturated carbocycles. The average Bonchev–Trinajstić information content (AvgIpc) is 3.19. The van der Waals surface area contributed by atoms with Gasteiger partial charge in [-0.05, 0) is 24.3 Å². The number of nitrogens with zero attached hydrogens (tertiary/aromatic N) is 4. The Morgan fingerprint density at radius 2 is 1.88 bits per heavy atom. The van der Waals surface area contributed by atoms with Crippen LogP contribution in [0.15, 0.2) is 65.6 Å². The van der Waals surface area contributed by atoms with Crippen LogP contribution in [0.3, 0.4) is 0 Å². The molecular weight excluding hydrogens is 406 g/mol. The van der Waals surface area contributed by atoms with E-state index in [0.29, 0.717) is 40.5 Å². The van der Waals surface area contributed by atoms with Gasteiger partial charge in [-0.3, -0.25) is 4.79 Å². The number of methoxy groups -OCH3 is 2. The van der Waals surface area contributed by atoms with Gasteiger partial charge in [0.25, 0.3) is 5.56 Å². The van der Waals surface area contributed by atoms with Crippen LogP contribution in [0.5, 0.6) is 11.5 Å². The molecule has 0 saturated heterocycles. The number of fused-ring (bicyclic) bond motifs is 2. The van der Waals surface area contributed by atoms with Gasteiger partial charge in [-0.15, -0.1) is 4.52 Å². The minimum Gasteiger partial charge on any atom is -0.497 e. The number of hydrogen-bond donors (Lipinski definition) is 1. The molecule has 32 heavy (non-hydrogen) atoms. The summed E-state index contributed by atoms with van der Waals surface area (Å²) in [6, 6.07) is 17.1. The molecule has 3 heterocycles. The Bertz CT molecular complexity index is 1520. The Labute approximate surface area is 183 Å². The first-order chi connectivity index (χ1) is 15.6. The number of aromatic nitrogens is 5. The Morgan fingerprint density at radius 1 is 1.03 bits per heavy atom. The van der Waals surface area contributed by atoms with Crippen LogP contribution >= 0.6 is 0 Å². The number of para-hydroxylation sites is 1. The zero-order valence-electron chi connectivity index (χ0n) is 18.0. The summed E-state index contributed by atoms with van der Waals surface area (Å²) in [6.07, 6.45) is 1.76. The van der Waals surface area contributed by atoms with Crippen molar-refractivity contribution in [2.75, 3.05) is 14.2 Å². The molecule has 1 N–H and O–H groups in total. The monoisotopic (exact) mass is 428 g/mol. The molecule has 3 aromatic heterocycles. The van der Waals surface area contributed by atoms with Crippen LogP contribution in [0.2, 0.25) is 0 Å². The van der Waals surface area contributed by atoms with Crippen LogP contribution in [-0.4, -0.2) is 33.9 Å². The summed E-state index contributed by atoms with van der Waals surface area (Å²) in [7, 11) is 3.24. The van der Waals surface area contributed by atoms with Crippen LogP contribution in [0, 0.1) is 6.92 Å². The predicted octanol–water partition coefficient (Wildman–Crippen LogP) is 2.90. The number of aromatic amines is 1. The summed E-state index contributed by atoms with van der Waals surface area (Å²) in [4.78, 5) is 22.8. The van der Waals surface area contributed by atoms with E-state index in [-0.39, 0.29) is 5.56 Å². The first-order valence-electron chi connectivity index (χ1n) is 10.2. The second kappa shape index (κ2) is 7.81. The number of rotatable bonds is 5. The van der Waals surface area contributed by atoms with E-state index in [1.165, 1.54) is 0 Å². The summed E-state index contributed by atoms with van der Waals surface area (Å²) >= 11 is 0. The van der Waals surface area contributed by atoms with Crippen molar-refractivity contribution in [2.24, 2.45) is 0 Å². The van der Waals surface area contributed by atoms with Gasteiger partial charge in [0, 0.05) is 24.2 Å². The van der Waals surface area contributed by atoms with E-state index in [1.807, 2.05) is 61.5 Å². The van der Waals surface area contributed by atoms with Crippen molar-refractivity contribution in [2.45, 2.75) is 13.5 Å². The highest BCUT2D eigenvalue weighted by Gasteiger charge is 2.24. The summed E-state index contributed by atoms with van der Waals surface area (Å²) in [5.74, 6) is 2.63. The van der Waals surface area contributed by atoms with Crippen molar-refractivity contribution >= 4 is 16.7 Å². The highest BCUT2D eigenvalue weighted by atomic mass is 16.5. The normalized spacial score (nSPS) is 11.2. The van der Waals surface area contributed by atoms with E-state index < -0.39 is 0 Å². The Hall–Kier alpha value is -4.20. The number of hydrogen-bond acceptors (Lipinski definition) is 5. The van der Waals surface area contributed by atoms with Gasteiger partial charge in [0.1, 0.15) is 16.9 Å². The lowest BCUT2D eigenvalue weighted by Gasteiger charge is -2.11. The van der Waals surface area contributed by atoms with E-state index in [4.69, 9.17) is 9.47 Å². The first kappa shape index (κ1) is 19.7. The predicted molar refractivity (Wildman–Crippen MR) is 120 cm³/mol. The second-order valence-electron chi connectivity index (χ2n) is 7.46. The molecular formula is C24H22N5O3+. The van der Waals surface area contributed by atoms with E-state index in [2.05, 4.69) is 15.1 Å². The topological polar surface area (TPSA) is 86.1 Å². The third-order valence-corrected chi connectivity index (χ3v) is 5.44. The number of aryl methyl sites for hydroxylation is 1. The molecule has 0 aliphatic heterocycles. The second-order valence-corrected chi connectivity index (χ2v) is 7.46. The van der Waals surface area contributed by atoms with Crippen molar-refractivity contribution in [3.63, 3.8) is 0 Å². The van der Waals surface area contributed by atoms with E-state index in [0.717, 1.165) is 16.9 Å². The molecule has 5 rings (SSSR count). The Balaban J connectivity index is 1.80. The lowest BCUT2D eigenvalue weighted by Crippen LogP contribution is -2.32. The van der Waals surface area contributed by atoms with Crippen molar-refractivity contribution in [1.82, 2.24) is 19.6 Å². The number of pyridine rings is 1.